The lowest BCUT2D eigenvalue weighted by Crippen LogP contribution is -2.20. The molecule has 0 aliphatic rings. The van der Waals surface area contributed by atoms with Crippen molar-refractivity contribution in [2.24, 2.45) is 0 Å². The van der Waals surface area contributed by atoms with Crippen molar-refractivity contribution in [3.05, 3.63) is 41.0 Å². The molecule has 0 bridgehead atoms. The zero-order valence-corrected chi connectivity index (χ0v) is 11.1. The first-order valence-corrected chi connectivity index (χ1v) is 5.73. The van der Waals surface area contributed by atoms with E-state index in [1.54, 1.807) is 25.2 Å². The molecule has 0 aliphatic carbocycles. The van der Waals surface area contributed by atoms with Crippen LogP contribution in [-0.4, -0.2) is 18.9 Å². The molecular formula is C14H18N2O2. The van der Waals surface area contributed by atoms with E-state index in [-0.39, 0.29) is 11.8 Å². The van der Waals surface area contributed by atoms with E-state index in [0.717, 1.165) is 11.1 Å². The van der Waals surface area contributed by atoms with Crippen molar-refractivity contribution in [3.63, 3.8) is 0 Å². The number of anilines is 1. The van der Waals surface area contributed by atoms with E-state index >= 15 is 0 Å². The van der Waals surface area contributed by atoms with Gasteiger partial charge >= 0.3 is 0 Å². The van der Waals surface area contributed by atoms with E-state index in [1.165, 1.54) is 6.08 Å². The summed E-state index contributed by atoms with van der Waals surface area (Å²) in [5, 5.41) is 5.34. The average Bonchev–Trinajstić information content (AvgIpc) is 2.30. The molecule has 1 aromatic rings. The standard InChI is InChI=1S/C14H18N2O2/c1-9(2)8-13(17)16-12-7-5-6-11(10(12)3)14(18)15-4/h5-8H,1-4H3,(H,15,18)(H,16,17). The fraction of sp³-hybridized carbons (Fsp3) is 0.286. The number of benzene rings is 1. The van der Waals surface area contributed by atoms with Crippen LogP contribution in [0.1, 0.15) is 29.8 Å². The maximum atomic E-state index is 11.6. The van der Waals surface area contributed by atoms with Crippen molar-refractivity contribution < 1.29 is 9.59 Å². The van der Waals surface area contributed by atoms with Crippen LogP contribution in [0.5, 0.6) is 0 Å². The first-order chi connectivity index (χ1) is 8.45. The quantitative estimate of drug-likeness (QED) is 0.804. The maximum Gasteiger partial charge on any atom is 0.251 e. The summed E-state index contributed by atoms with van der Waals surface area (Å²) in [5.41, 5.74) is 2.89. The van der Waals surface area contributed by atoms with Crippen molar-refractivity contribution in [1.82, 2.24) is 5.32 Å². The lowest BCUT2D eigenvalue weighted by atomic mass is 10.1. The third kappa shape index (κ3) is 3.45. The predicted octanol–water partition coefficient (Wildman–Crippen LogP) is 2.26. The smallest absolute Gasteiger partial charge is 0.251 e. The van der Waals surface area contributed by atoms with Crippen LogP contribution in [-0.2, 0) is 4.79 Å². The second-order valence-electron chi connectivity index (χ2n) is 4.27. The van der Waals surface area contributed by atoms with Crippen molar-refractivity contribution >= 4 is 17.5 Å². The lowest BCUT2D eigenvalue weighted by molar-refractivity contribution is -0.112. The summed E-state index contributed by atoms with van der Waals surface area (Å²) >= 11 is 0. The average molecular weight is 246 g/mol. The minimum Gasteiger partial charge on any atom is -0.355 e. The van der Waals surface area contributed by atoms with Crippen molar-refractivity contribution in [1.29, 1.82) is 0 Å². The molecule has 0 heterocycles. The normalized spacial score (nSPS) is 9.56. The van der Waals surface area contributed by atoms with Gasteiger partial charge in [0.15, 0.2) is 0 Å². The first-order valence-electron chi connectivity index (χ1n) is 5.73. The number of hydrogen-bond acceptors (Lipinski definition) is 2. The summed E-state index contributed by atoms with van der Waals surface area (Å²) in [6.07, 6.45) is 1.52. The molecule has 1 rings (SSSR count). The molecule has 0 atom stereocenters. The third-order valence-corrected chi connectivity index (χ3v) is 2.48. The Morgan fingerprint density at radius 1 is 1.22 bits per heavy atom. The van der Waals surface area contributed by atoms with Gasteiger partial charge in [-0.1, -0.05) is 11.6 Å². The molecule has 0 saturated carbocycles. The molecule has 1 aromatic carbocycles. The molecule has 0 spiro atoms. The van der Waals surface area contributed by atoms with Crippen LogP contribution in [0.4, 0.5) is 5.69 Å². The van der Waals surface area contributed by atoms with Gasteiger partial charge in [-0.2, -0.15) is 0 Å². The van der Waals surface area contributed by atoms with Gasteiger partial charge in [-0.05, 0) is 38.5 Å². The number of amides is 2. The number of rotatable bonds is 3. The van der Waals surface area contributed by atoms with Gasteiger partial charge in [-0.25, -0.2) is 0 Å². The van der Waals surface area contributed by atoms with Crippen LogP contribution in [0.25, 0.3) is 0 Å². The molecular weight excluding hydrogens is 228 g/mol. The molecule has 0 unspecified atom stereocenters. The summed E-state index contributed by atoms with van der Waals surface area (Å²) < 4.78 is 0. The van der Waals surface area contributed by atoms with Gasteiger partial charge in [-0.15, -0.1) is 0 Å². The predicted molar refractivity (Wildman–Crippen MR) is 72.6 cm³/mol. The number of allylic oxidation sites excluding steroid dienone is 1. The number of hydrogen-bond donors (Lipinski definition) is 2. The number of carbonyl (C=O) groups excluding carboxylic acids is 2. The van der Waals surface area contributed by atoms with Gasteiger partial charge in [0.1, 0.15) is 0 Å². The molecule has 4 heteroatoms. The second kappa shape index (κ2) is 6.00. The Morgan fingerprint density at radius 3 is 2.44 bits per heavy atom. The van der Waals surface area contributed by atoms with Gasteiger partial charge in [0.2, 0.25) is 5.91 Å². The maximum absolute atomic E-state index is 11.6. The lowest BCUT2D eigenvalue weighted by Gasteiger charge is -2.10. The molecule has 0 saturated heterocycles. The van der Waals surface area contributed by atoms with Crippen LogP contribution in [0.15, 0.2) is 29.8 Å². The summed E-state index contributed by atoms with van der Waals surface area (Å²) in [7, 11) is 1.58. The number of nitrogens with one attached hydrogen (secondary N) is 2. The van der Waals surface area contributed by atoms with Gasteiger partial charge < -0.3 is 10.6 Å². The Morgan fingerprint density at radius 2 is 1.89 bits per heavy atom. The molecule has 0 aliphatic heterocycles. The fourth-order valence-corrected chi connectivity index (χ4v) is 1.58. The monoisotopic (exact) mass is 246 g/mol. The molecule has 2 amide bonds. The van der Waals surface area contributed by atoms with E-state index in [2.05, 4.69) is 10.6 Å². The Balaban J connectivity index is 3.01. The molecule has 0 fully saturated rings. The Hall–Kier alpha value is -2.10. The third-order valence-electron chi connectivity index (χ3n) is 2.48. The highest BCUT2D eigenvalue weighted by Gasteiger charge is 2.10. The fourth-order valence-electron chi connectivity index (χ4n) is 1.58. The van der Waals surface area contributed by atoms with Gasteiger partial charge in [-0.3, -0.25) is 9.59 Å². The first kappa shape index (κ1) is 14.0. The minimum absolute atomic E-state index is 0.161. The van der Waals surface area contributed by atoms with Crippen molar-refractivity contribution in [3.8, 4) is 0 Å². The van der Waals surface area contributed by atoms with E-state index in [9.17, 15) is 9.59 Å². The topological polar surface area (TPSA) is 58.2 Å². The van der Waals surface area contributed by atoms with E-state index < -0.39 is 0 Å². The Bertz CT molecular complexity index is 501. The summed E-state index contributed by atoms with van der Waals surface area (Å²) in [4.78, 5) is 23.3. The Kier molecular flexibility index (Phi) is 4.66. The molecule has 2 N–H and O–H groups in total. The number of carbonyl (C=O) groups is 2. The second-order valence-corrected chi connectivity index (χ2v) is 4.27. The van der Waals surface area contributed by atoms with Gasteiger partial charge in [0, 0.05) is 24.4 Å². The molecule has 0 radical (unpaired) electrons. The van der Waals surface area contributed by atoms with Gasteiger partial charge in [0.05, 0.1) is 0 Å². The van der Waals surface area contributed by atoms with E-state index in [4.69, 9.17) is 0 Å². The molecule has 4 nitrogen and oxygen atoms in total. The highest BCUT2D eigenvalue weighted by molar-refractivity contribution is 6.02. The van der Waals surface area contributed by atoms with Crippen molar-refractivity contribution in [2.75, 3.05) is 12.4 Å². The minimum atomic E-state index is -0.188. The SMILES string of the molecule is CNC(=O)c1cccc(NC(=O)C=C(C)C)c1C. The van der Waals surface area contributed by atoms with Crippen LogP contribution in [0.2, 0.25) is 0 Å². The molecule has 0 aromatic heterocycles. The summed E-state index contributed by atoms with van der Waals surface area (Å²) in [6.45, 7) is 5.52. The van der Waals surface area contributed by atoms with E-state index in [1.807, 2.05) is 20.8 Å². The van der Waals surface area contributed by atoms with Crippen molar-refractivity contribution in [2.45, 2.75) is 20.8 Å². The van der Waals surface area contributed by atoms with Crippen LogP contribution >= 0.6 is 0 Å². The van der Waals surface area contributed by atoms with E-state index in [0.29, 0.717) is 11.3 Å². The summed E-state index contributed by atoms with van der Waals surface area (Å²) in [5.74, 6) is -0.349. The zero-order valence-electron chi connectivity index (χ0n) is 11.1. The zero-order chi connectivity index (χ0) is 13.7. The van der Waals surface area contributed by atoms with Gasteiger partial charge in [0.25, 0.3) is 5.91 Å². The highest BCUT2D eigenvalue weighted by atomic mass is 16.2. The molecule has 18 heavy (non-hydrogen) atoms. The van der Waals surface area contributed by atoms with Crippen LogP contribution in [0, 0.1) is 6.92 Å². The summed E-state index contributed by atoms with van der Waals surface area (Å²) in [6, 6.07) is 5.25. The highest BCUT2D eigenvalue weighted by Crippen LogP contribution is 2.19. The van der Waals surface area contributed by atoms with Crippen LogP contribution < -0.4 is 10.6 Å². The largest absolute Gasteiger partial charge is 0.355 e. The Labute approximate surface area is 107 Å². The molecule has 96 valence electrons. The van der Waals surface area contributed by atoms with Crippen LogP contribution in [0.3, 0.4) is 0 Å².